The molecule has 1 saturated heterocycles. The van der Waals surface area contributed by atoms with Gasteiger partial charge in [-0.3, -0.25) is 13.9 Å². The predicted molar refractivity (Wildman–Crippen MR) is 131 cm³/mol. The van der Waals surface area contributed by atoms with Crippen LogP contribution in [-0.2, 0) is 4.79 Å². The van der Waals surface area contributed by atoms with Gasteiger partial charge in [0.25, 0.3) is 0 Å². The molecule has 0 saturated carbocycles. The predicted octanol–water partition coefficient (Wildman–Crippen LogP) is 3.18. The molecule has 0 aliphatic carbocycles. The maximum Gasteiger partial charge on any atom is 0.326 e. The molecule has 1 N–H and O–H groups in total. The molecule has 2 aromatic carbocycles. The van der Waals surface area contributed by atoms with Gasteiger partial charge in [0.2, 0.25) is 5.91 Å². The first-order valence-corrected chi connectivity index (χ1v) is 12.2. The lowest BCUT2D eigenvalue weighted by atomic mass is 10.0. The van der Waals surface area contributed by atoms with Crippen molar-refractivity contribution in [2.24, 2.45) is 0 Å². The van der Waals surface area contributed by atoms with E-state index in [0.717, 1.165) is 35.4 Å². The molecule has 2 aromatic heterocycles. The first-order chi connectivity index (χ1) is 16.6. The minimum Gasteiger partial charge on any atom is -0.495 e. The molecular formula is C24H26N6O3S. The number of thioether (sulfide) groups is 1. The van der Waals surface area contributed by atoms with E-state index in [2.05, 4.69) is 15.2 Å². The quantitative estimate of drug-likeness (QED) is 0.428. The highest BCUT2D eigenvalue weighted by Gasteiger charge is 2.26. The molecule has 0 bridgehead atoms. The van der Waals surface area contributed by atoms with Gasteiger partial charge in [-0.1, -0.05) is 36.0 Å². The summed E-state index contributed by atoms with van der Waals surface area (Å²) in [5.41, 5.74) is 2.51. The van der Waals surface area contributed by atoms with Crippen LogP contribution in [0.2, 0.25) is 0 Å². The fraction of sp³-hybridized carbons (Fsp3) is 0.333. The van der Waals surface area contributed by atoms with Gasteiger partial charge in [-0.15, -0.1) is 10.2 Å². The van der Waals surface area contributed by atoms with E-state index in [9.17, 15) is 9.59 Å². The zero-order chi connectivity index (χ0) is 23.7. The second-order valence-corrected chi connectivity index (χ2v) is 9.20. The average molecular weight is 479 g/mol. The Morgan fingerprint density at radius 1 is 1.12 bits per heavy atom. The Labute approximate surface area is 200 Å². The molecule has 176 valence electrons. The largest absolute Gasteiger partial charge is 0.495 e. The van der Waals surface area contributed by atoms with E-state index in [-0.39, 0.29) is 23.4 Å². The van der Waals surface area contributed by atoms with Crippen molar-refractivity contribution in [3.05, 3.63) is 64.8 Å². The highest BCUT2D eigenvalue weighted by Crippen LogP contribution is 2.29. The van der Waals surface area contributed by atoms with Gasteiger partial charge in [-0.05, 0) is 44.0 Å². The van der Waals surface area contributed by atoms with Crippen molar-refractivity contribution in [1.82, 2.24) is 29.2 Å². The summed E-state index contributed by atoms with van der Waals surface area (Å²) in [4.78, 5) is 30.3. The molecule has 1 aliphatic rings. The molecule has 3 heterocycles. The van der Waals surface area contributed by atoms with E-state index in [1.165, 1.54) is 11.8 Å². The molecule has 0 spiro atoms. The third-order valence-electron chi connectivity index (χ3n) is 6.25. The molecule has 4 aromatic rings. The maximum absolute atomic E-state index is 13.0. The van der Waals surface area contributed by atoms with E-state index >= 15 is 0 Å². The Morgan fingerprint density at radius 2 is 1.85 bits per heavy atom. The summed E-state index contributed by atoms with van der Waals surface area (Å²) in [5, 5.41) is 9.13. The molecule has 0 unspecified atom stereocenters. The number of rotatable bonds is 6. The number of carbonyl (C=O) groups is 1. The monoisotopic (exact) mass is 478 g/mol. The highest BCUT2D eigenvalue weighted by atomic mass is 32.2. The number of carbonyl (C=O) groups excluding carboxylic acids is 1. The number of ether oxygens (including phenoxy) is 1. The summed E-state index contributed by atoms with van der Waals surface area (Å²) in [6.07, 6.45) is 1.49. The number of amides is 1. The van der Waals surface area contributed by atoms with Crippen molar-refractivity contribution in [3.8, 4) is 11.4 Å². The number of piperidine rings is 1. The number of likely N-dealkylation sites (tertiary alicyclic amines) is 1. The fourth-order valence-electron chi connectivity index (χ4n) is 4.56. The minimum absolute atomic E-state index is 0.0574. The van der Waals surface area contributed by atoms with Crippen LogP contribution in [0, 0.1) is 6.92 Å². The van der Waals surface area contributed by atoms with Crippen LogP contribution in [0.15, 0.2) is 58.5 Å². The molecule has 10 heteroatoms. The highest BCUT2D eigenvalue weighted by molar-refractivity contribution is 7.99. The number of fused-ring (bicyclic) bond motifs is 1. The molecule has 34 heavy (non-hydrogen) atoms. The summed E-state index contributed by atoms with van der Waals surface area (Å²) in [7, 11) is 1.63. The number of hydrogen-bond acceptors (Lipinski definition) is 6. The molecular weight excluding hydrogens is 452 g/mol. The number of hydrogen-bond donors (Lipinski definition) is 1. The number of benzene rings is 2. The Morgan fingerprint density at radius 3 is 2.65 bits per heavy atom. The number of para-hydroxylation sites is 4. The topological polar surface area (TPSA) is 98.0 Å². The van der Waals surface area contributed by atoms with Crippen LogP contribution < -0.4 is 10.4 Å². The molecule has 1 amide bonds. The lowest BCUT2D eigenvalue weighted by molar-refractivity contribution is -0.129. The van der Waals surface area contributed by atoms with Gasteiger partial charge in [0.15, 0.2) is 5.16 Å². The van der Waals surface area contributed by atoms with Crippen molar-refractivity contribution in [1.29, 1.82) is 0 Å². The molecule has 0 radical (unpaired) electrons. The number of nitrogens with one attached hydrogen (secondary N) is 1. The second kappa shape index (κ2) is 9.38. The van der Waals surface area contributed by atoms with E-state index in [0.29, 0.717) is 24.0 Å². The second-order valence-electron chi connectivity index (χ2n) is 8.25. The van der Waals surface area contributed by atoms with Crippen LogP contribution >= 0.6 is 11.8 Å². The summed E-state index contributed by atoms with van der Waals surface area (Å²) >= 11 is 1.37. The van der Waals surface area contributed by atoms with E-state index in [1.54, 1.807) is 7.11 Å². The van der Waals surface area contributed by atoms with Gasteiger partial charge in [0.05, 0.1) is 29.6 Å². The summed E-state index contributed by atoms with van der Waals surface area (Å²) < 4.78 is 9.24. The van der Waals surface area contributed by atoms with Gasteiger partial charge in [0.1, 0.15) is 11.6 Å². The van der Waals surface area contributed by atoms with E-state index in [4.69, 9.17) is 4.74 Å². The first-order valence-electron chi connectivity index (χ1n) is 11.2. The van der Waals surface area contributed by atoms with Gasteiger partial charge in [-0.2, -0.15) is 0 Å². The molecule has 0 atom stereocenters. The van der Waals surface area contributed by atoms with Crippen LogP contribution in [0.1, 0.15) is 24.7 Å². The first kappa shape index (κ1) is 22.3. The Hall–Kier alpha value is -3.53. The standard InChI is InChI=1S/C24H26N6O3S/c1-16-26-27-24(29(16)20-9-5-6-10-21(20)33-2)34-15-22(31)28-13-11-17(12-14-28)30-19-8-4-3-7-18(19)25-23(30)32/h3-10,17H,11-15H2,1-2H3,(H,25,32). The molecule has 1 aliphatic heterocycles. The number of nitrogens with zero attached hydrogens (tertiary/aromatic N) is 5. The van der Waals surface area contributed by atoms with Crippen LogP contribution in [0.25, 0.3) is 16.7 Å². The van der Waals surface area contributed by atoms with Crippen LogP contribution in [0.4, 0.5) is 0 Å². The number of methoxy groups -OCH3 is 1. The zero-order valence-corrected chi connectivity index (χ0v) is 19.9. The lowest BCUT2D eigenvalue weighted by Crippen LogP contribution is -2.41. The SMILES string of the molecule is COc1ccccc1-n1c(C)nnc1SCC(=O)N1CCC(n2c(=O)[nH]c3ccccc32)CC1. The van der Waals surface area contributed by atoms with E-state index in [1.807, 2.05) is 69.5 Å². The van der Waals surface area contributed by atoms with Crippen LogP contribution in [0.3, 0.4) is 0 Å². The Bertz CT molecular complexity index is 1380. The third-order valence-corrected chi connectivity index (χ3v) is 7.17. The van der Waals surface area contributed by atoms with Gasteiger partial charge in [-0.25, -0.2) is 4.79 Å². The molecule has 1 fully saturated rings. The maximum atomic E-state index is 13.0. The summed E-state index contributed by atoms with van der Waals surface area (Å²) in [6, 6.07) is 15.5. The Kier molecular flexibility index (Phi) is 6.14. The van der Waals surface area contributed by atoms with Crippen molar-refractivity contribution in [2.75, 3.05) is 26.0 Å². The van der Waals surface area contributed by atoms with Crippen LogP contribution in [0.5, 0.6) is 5.75 Å². The minimum atomic E-state index is -0.0902. The zero-order valence-electron chi connectivity index (χ0n) is 19.1. The smallest absolute Gasteiger partial charge is 0.326 e. The van der Waals surface area contributed by atoms with Crippen molar-refractivity contribution >= 4 is 28.7 Å². The summed E-state index contributed by atoms with van der Waals surface area (Å²) in [5.74, 6) is 1.77. The number of aromatic nitrogens is 5. The number of aryl methyl sites for hydroxylation is 1. The van der Waals surface area contributed by atoms with Gasteiger partial charge >= 0.3 is 5.69 Å². The molecule has 5 rings (SSSR count). The normalized spacial score (nSPS) is 14.6. The average Bonchev–Trinajstić information content (AvgIpc) is 3.40. The fourth-order valence-corrected chi connectivity index (χ4v) is 5.45. The van der Waals surface area contributed by atoms with Crippen molar-refractivity contribution < 1.29 is 9.53 Å². The number of imidazole rings is 1. The van der Waals surface area contributed by atoms with Gasteiger partial charge < -0.3 is 14.6 Å². The molecule has 9 nitrogen and oxygen atoms in total. The Balaban J connectivity index is 1.24. The number of H-pyrrole nitrogens is 1. The third kappa shape index (κ3) is 4.09. The van der Waals surface area contributed by atoms with E-state index < -0.39 is 0 Å². The lowest BCUT2D eigenvalue weighted by Gasteiger charge is -2.32. The van der Waals surface area contributed by atoms with Crippen molar-refractivity contribution in [3.63, 3.8) is 0 Å². The summed E-state index contributed by atoms with van der Waals surface area (Å²) in [6.45, 7) is 3.12. The van der Waals surface area contributed by atoms with Gasteiger partial charge in [0, 0.05) is 19.1 Å². The van der Waals surface area contributed by atoms with Crippen molar-refractivity contribution in [2.45, 2.75) is 31.0 Å². The van der Waals surface area contributed by atoms with Crippen LogP contribution in [-0.4, -0.2) is 61.1 Å². The number of aromatic amines is 1.